The maximum absolute atomic E-state index is 8.94. The van der Waals surface area contributed by atoms with Crippen molar-refractivity contribution in [3.8, 4) is 11.5 Å². The normalized spacial score (nSPS) is 16.7. The van der Waals surface area contributed by atoms with Crippen LogP contribution in [-0.4, -0.2) is 48.8 Å². The van der Waals surface area contributed by atoms with Gasteiger partial charge < -0.3 is 24.4 Å². The van der Waals surface area contributed by atoms with Crippen molar-refractivity contribution >= 4 is 0 Å². The van der Waals surface area contributed by atoms with Crippen molar-refractivity contribution in [3.63, 3.8) is 0 Å². The minimum absolute atomic E-state index is 0.126. The van der Waals surface area contributed by atoms with Crippen molar-refractivity contribution in [2.75, 3.05) is 26.4 Å². The Balaban J connectivity index is 0.000000167. The van der Waals surface area contributed by atoms with E-state index in [4.69, 9.17) is 24.4 Å². The largest absolute Gasteiger partial charge is 0.491 e. The van der Waals surface area contributed by atoms with Gasteiger partial charge in [-0.05, 0) is 24.3 Å². The molecule has 5 nitrogen and oxygen atoms in total. The molecule has 2 aromatic rings. The van der Waals surface area contributed by atoms with E-state index in [9.17, 15) is 0 Å². The molecule has 0 aromatic heterocycles. The molecule has 1 heterocycles. The Morgan fingerprint density at radius 2 is 1.48 bits per heavy atom. The van der Waals surface area contributed by atoms with E-state index >= 15 is 0 Å². The van der Waals surface area contributed by atoms with E-state index in [-0.39, 0.29) is 13.2 Å². The Labute approximate surface area is 136 Å². The van der Waals surface area contributed by atoms with Gasteiger partial charge in [-0.2, -0.15) is 0 Å². The molecule has 2 aromatic carbocycles. The molecular weight excluding hydrogens is 296 g/mol. The summed E-state index contributed by atoms with van der Waals surface area (Å²) in [5.74, 6) is 1.62. The molecule has 2 atom stereocenters. The molecule has 1 aliphatic rings. The summed E-state index contributed by atoms with van der Waals surface area (Å²) in [6, 6.07) is 19.0. The molecule has 124 valence electrons. The van der Waals surface area contributed by atoms with Gasteiger partial charge in [-0.25, -0.2) is 0 Å². The summed E-state index contributed by atoms with van der Waals surface area (Å²) in [7, 11) is 0. The van der Waals surface area contributed by atoms with Crippen molar-refractivity contribution in [2.24, 2.45) is 0 Å². The molecular formula is C18H22O5. The average molecular weight is 318 g/mol. The second kappa shape index (κ2) is 9.84. The van der Waals surface area contributed by atoms with E-state index in [0.717, 1.165) is 12.4 Å². The van der Waals surface area contributed by atoms with Crippen LogP contribution in [0.3, 0.4) is 0 Å². The van der Waals surface area contributed by atoms with Crippen molar-refractivity contribution in [2.45, 2.75) is 12.2 Å². The highest BCUT2D eigenvalue weighted by Crippen LogP contribution is 2.13. The Kier molecular flexibility index (Phi) is 7.39. The molecule has 0 aliphatic carbocycles. The maximum atomic E-state index is 8.94. The van der Waals surface area contributed by atoms with Gasteiger partial charge in [-0.1, -0.05) is 36.4 Å². The molecule has 2 unspecified atom stereocenters. The molecule has 1 saturated heterocycles. The lowest BCUT2D eigenvalue weighted by atomic mass is 10.3. The predicted octanol–water partition coefficient (Wildman–Crippen LogP) is 1.88. The molecule has 2 N–H and O–H groups in total. The third-order valence-electron chi connectivity index (χ3n) is 2.98. The second-order valence-electron chi connectivity index (χ2n) is 5.04. The van der Waals surface area contributed by atoms with Crippen LogP contribution in [0.1, 0.15) is 0 Å². The van der Waals surface area contributed by atoms with E-state index < -0.39 is 6.10 Å². The van der Waals surface area contributed by atoms with Gasteiger partial charge in [-0.15, -0.1) is 0 Å². The van der Waals surface area contributed by atoms with Crippen LogP contribution in [-0.2, 0) is 4.74 Å². The fourth-order valence-electron chi connectivity index (χ4n) is 1.63. The number of epoxide rings is 1. The standard InChI is InChI=1S/C9H12O3.C9H10O2/c10-6-8(11)7-12-9-4-2-1-3-5-9;1-2-4-8(5-3-1)10-6-9-7-11-9/h1-5,8,10-11H,6-7H2;1-5,9H,6-7H2. The van der Waals surface area contributed by atoms with Crippen molar-refractivity contribution < 1.29 is 24.4 Å². The second-order valence-corrected chi connectivity index (χ2v) is 5.04. The van der Waals surface area contributed by atoms with Gasteiger partial charge in [0.05, 0.1) is 13.2 Å². The topological polar surface area (TPSA) is 71.5 Å². The smallest absolute Gasteiger partial charge is 0.119 e. The van der Waals surface area contributed by atoms with Gasteiger partial charge in [-0.3, -0.25) is 0 Å². The highest BCUT2D eigenvalue weighted by atomic mass is 16.6. The zero-order chi connectivity index (χ0) is 16.3. The van der Waals surface area contributed by atoms with Crippen LogP contribution in [0.5, 0.6) is 11.5 Å². The SMILES string of the molecule is OCC(O)COc1ccccc1.c1ccc(OCC2CO2)cc1. The highest BCUT2D eigenvalue weighted by Gasteiger charge is 2.22. The monoisotopic (exact) mass is 318 g/mol. The maximum Gasteiger partial charge on any atom is 0.119 e. The quantitative estimate of drug-likeness (QED) is 0.763. The number of aliphatic hydroxyl groups is 2. The van der Waals surface area contributed by atoms with E-state index in [1.165, 1.54) is 0 Å². The van der Waals surface area contributed by atoms with Gasteiger partial charge in [0, 0.05) is 0 Å². The lowest BCUT2D eigenvalue weighted by Crippen LogP contribution is -2.21. The summed E-state index contributed by atoms with van der Waals surface area (Å²) in [5.41, 5.74) is 0. The van der Waals surface area contributed by atoms with Crippen LogP contribution >= 0.6 is 0 Å². The summed E-state index contributed by atoms with van der Waals surface area (Å²) >= 11 is 0. The number of hydrogen-bond donors (Lipinski definition) is 2. The fraction of sp³-hybridized carbons (Fsp3) is 0.333. The van der Waals surface area contributed by atoms with Crippen LogP contribution in [0.15, 0.2) is 60.7 Å². The molecule has 23 heavy (non-hydrogen) atoms. The van der Waals surface area contributed by atoms with E-state index in [2.05, 4.69) is 0 Å². The Bertz CT molecular complexity index is 528. The number of para-hydroxylation sites is 2. The molecule has 5 heteroatoms. The molecule has 0 saturated carbocycles. The number of rotatable bonds is 7. The summed E-state index contributed by atoms with van der Waals surface area (Å²) in [5, 5.41) is 17.4. The van der Waals surface area contributed by atoms with Gasteiger partial charge in [0.2, 0.25) is 0 Å². The van der Waals surface area contributed by atoms with Gasteiger partial charge in [0.1, 0.15) is 36.9 Å². The summed E-state index contributed by atoms with van der Waals surface area (Å²) in [4.78, 5) is 0. The zero-order valence-corrected chi connectivity index (χ0v) is 12.9. The van der Waals surface area contributed by atoms with Crippen molar-refractivity contribution in [1.82, 2.24) is 0 Å². The first kappa shape index (κ1) is 17.3. The number of hydrogen-bond acceptors (Lipinski definition) is 5. The van der Waals surface area contributed by atoms with Crippen LogP contribution in [0.25, 0.3) is 0 Å². The van der Waals surface area contributed by atoms with Crippen LogP contribution < -0.4 is 9.47 Å². The first-order valence-corrected chi connectivity index (χ1v) is 7.54. The predicted molar refractivity (Wildman–Crippen MR) is 86.7 cm³/mol. The van der Waals surface area contributed by atoms with Gasteiger partial charge in [0.25, 0.3) is 0 Å². The first-order valence-electron chi connectivity index (χ1n) is 7.54. The fourth-order valence-corrected chi connectivity index (χ4v) is 1.63. The molecule has 0 spiro atoms. The number of ether oxygens (including phenoxy) is 3. The van der Waals surface area contributed by atoms with E-state index in [1.807, 2.05) is 48.5 Å². The van der Waals surface area contributed by atoms with Crippen LogP contribution in [0.2, 0.25) is 0 Å². The van der Waals surface area contributed by atoms with Gasteiger partial charge >= 0.3 is 0 Å². The Morgan fingerprint density at radius 3 is 1.96 bits per heavy atom. The van der Waals surface area contributed by atoms with E-state index in [1.54, 1.807) is 12.1 Å². The summed E-state index contributed by atoms with van der Waals surface area (Å²) in [6.07, 6.45) is -0.458. The highest BCUT2D eigenvalue weighted by molar-refractivity contribution is 5.21. The Hall–Kier alpha value is -2.08. The summed E-state index contributed by atoms with van der Waals surface area (Å²) in [6.45, 7) is 1.39. The van der Waals surface area contributed by atoms with E-state index in [0.29, 0.717) is 18.5 Å². The van der Waals surface area contributed by atoms with Crippen LogP contribution in [0.4, 0.5) is 0 Å². The van der Waals surface area contributed by atoms with Crippen LogP contribution in [0, 0.1) is 0 Å². The number of benzene rings is 2. The Morgan fingerprint density at radius 1 is 0.957 bits per heavy atom. The molecule has 1 fully saturated rings. The number of aliphatic hydroxyl groups excluding tert-OH is 2. The third kappa shape index (κ3) is 7.65. The zero-order valence-electron chi connectivity index (χ0n) is 12.9. The molecule has 3 rings (SSSR count). The lowest BCUT2D eigenvalue weighted by molar-refractivity contribution is 0.0536. The summed E-state index contributed by atoms with van der Waals surface area (Å²) < 4.78 is 15.6. The van der Waals surface area contributed by atoms with Crippen molar-refractivity contribution in [1.29, 1.82) is 0 Å². The molecule has 0 bridgehead atoms. The lowest BCUT2D eigenvalue weighted by Gasteiger charge is -2.08. The average Bonchev–Trinajstić information content (AvgIpc) is 3.45. The third-order valence-corrected chi connectivity index (χ3v) is 2.98. The minimum atomic E-state index is -0.801. The first-order chi connectivity index (χ1) is 11.3. The molecule has 1 aliphatic heterocycles. The minimum Gasteiger partial charge on any atom is -0.491 e. The van der Waals surface area contributed by atoms with Gasteiger partial charge in [0.15, 0.2) is 0 Å². The van der Waals surface area contributed by atoms with Crippen molar-refractivity contribution in [3.05, 3.63) is 60.7 Å². The molecule has 0 amide bonds. The molecule has 0 radical (unpaired) electrons.